The first-order valence-electron chi connectivity index (χ1n) is 6.39. The van der Waals surface area contributed by atoms with Crippen molar-refractivity contribution in [1.82, 2.24) is 10.2 Å². The summed E-state index contributed by atoms with van der Waals surface area (Å²) in [4.78, 5) is 24.0. The Balaban J connectivity index is 2.10. The molecule has 1 aliphatic rings. The van der Waals surface area contributed by atoms with Crippen LogP contribution in [0.1, 0.15) is 13.8 Å². The minimum absolute atomic E-state index is 0.0583. The summed E-state index contributed by atoms with van der Waals surface area (Å²) in [6.45, 7) is 9.66. The van der Waals surface area contributed by atoms with E-state index in [0.717, 1.165) is 5.57 Å². The van der Waals surface area contributed by atoms with Crippen LogP contribution >= 0.6 is 0 Å². The second kappa shape index (κ2) is 7.13. The lowest BCUT2D eigenvalue weighted by Crippen LogP contribution is -2.56. The number of carbonyl (C=O) groups excluding carboxylic acids is 1. The Labute approximate surface area is 113 Å². The monoisotopic (exact) mass is 270 g/mol. The second-order valence-electron chi connectivity index (χ2n) is 5.03. The number of carboxylic acids is 1. The molecule has 1 unspecified atom stereocenters. The summed E-state index contributed by atoms with van der Waals surface area (Å²) in [6, 6.07) is -0.159. The lowest BCUT2D eigenvalue weighted by molar-refractivity contribution is -0.144. The van der Waals surface area contributed by atoms with Crippen LogP contribution in [0.4, 0.5) is 4.79 Å². The summed E-state index contributed by atoms with van der Waals surface area (Å²) in [6.07, 6.45) is 0. The number of rotatable bonds is 7. The normalized spacial score (nSPS) is 16.6. The van der Waals surface area contributed by atoms with Gasteiger partial charge in [0.05, 0.1) is 19.1 Å². The van der Waals surface area contributed by atoms with Crippen molar-refractivity contribution < 1.29 is 19.4 Å². The maximum atomic E-state index is 11.7. The molecular weight excluding hydrogens is 248 g/mol. The highest BCUT2D eigenvalue weighted by Crippen LogP contribution is 2.23. The molecule has 0 aromatic rings. The van der Waals surface area contributed by atoms with E-state index in [9.17, 15) is 9.59 Å². The fraction of sp³-hybridized carbons (Fsp3) is 0.692. The molecule has 6 nitrogen and oxygen atoms in total. The number of urea groups is 1. The smallest absolute Gasteiger partial charge is 0.317 e. The fourth-order valence-corrected chi connectivity index (χ4v) is 1.78. The highest BCUT2D eigenvalue weighted by molar-refractivity contribution is 5.76. The van der Waals surface area contributed by atoms with E-state index in [2.05, 4.69) is 11.9 Å². The molecule has 0 bridgehead atoms. The van der Waals surface area contributed by atoms with Crippen molar-refractivity contribution in [1.29, 1.82) is 0 Å². The second-order valence-corrected chi connectivity index (χ2v) is 5.03. The minimum atomic E-state index is -0.807. The van der Waals surface area contributed by atoms with E-state index in [1.54, 1.807) is 11.8 Å². The van der Waals surface area contributed by atoms with Crippen molar-refractivity contribution in [3.63, 3.8) is 0 Å². The van der Waals surface area contributed by atoms with Gasteiger partial charge in [-0.2, -0.15) is 0 Å². The van der Waals surface area contributed by atoms with Crippen LogP contribution in [0.5, 0.6) is 0 Å². The summed E-state index contributed by atoms with van der Waals surface area (Å²) in [7, 11) is 0. The first-order valence-corrected chi connectivity index (χ1v) is 6.39. The number of carbonyl (C=O) groups is 2. The first kappa shape index (κ1) is 15.5. The van der Waals surface area contributed by atoms with Crippen LogP contribution in [0, 0.1) is 11.8 Å². The molecule has 1 atom stereocenters. The summed E-state index contributed by atoms with van der Waals surface area (Å²) >= 11 is 0. The van der Waals surface area contributed by atoms with Crippen LogP contribution in [0.25, 0.3) is 0 Å². The quantitative estimate of drug-likeness (QED) is 0.533. The van der Waals surface area contributed by atoms with Crippen molar-refractivity contribution in [3.8, 4) is 0 Å². The average molecular weight is 270 g/mol. The Hall–Kier alpha value is -1.56. The van der Waals surface area contributed by atoms with Crippen molar-refractivity contribution in [2.24, 2.45) is 11.8 Å². The number of hydrogen-bond donors (Lipinski definition) is 2. The van der Waals surface area contributed by atoms with Crippen molar-refractivity contribution >= 4 is 12.0 Å². The lowest BCUT2D eigenvalue weighted by atomic mass is 9.87. The van der Waals surface area contributed by atoms with Gasteiger partial charge in [-0.05, 0) is 6.92 Å². The van der Waals surface area contributed by atoms with Gasteiger partial charge in [-0.25, -0.2) is 4.79 Å². The molecule has 0 aromatic carbocycles. The van der Waals surface area contributed by atoms with Gasteiger partial charge in [0.2, 0.25) is 0 Å². The summed E-state index contributed by atoms with van der Waals surface area (Å²) in [5, 5.41) is 11.6. The maximum Gasteiger partial charge on any atom is 0.317 e. The number of amides is 2. The molecule has 2 N–H and O–H groups in total. The number of nitrogens with one attached hydrogen (secondary N) is 1. The summed E-state index contributed by atoms with van der Waals surface area (Å²) < 4.78 is 5.26. The Morgan fingerprint density at radius 1 is 1.53 bits per heavy atom. The third-order valence-electron chi connectivity index (χ3n) is 3.16. The van der Waals surface area contributed by atoms with E-state index < -0.39 is 11.9 Å². The highest BCUT2D eigenvalue weighted by atomic mass is 16.5. The summed E-state index contributed by atoms with van der Waals surface area (Å²) in [5.41, 5.74) is 0.944. The predicted molar refractivity (Wildman–Crippen MR) is 70.9 cm³/mol. The molecule has 1 fully saturated rings. The van der Waals surface area contributed by atoms with E-state index in [1.807, 2.05) is 6.92 Å². The van der Waals surface area contributed by atoms with Crippen LogP contribution in [0.3, 0.4) is 0 Å². The minimum Gasteiger partial charge on any atom is -0.481 e. The molecule has 1 saturated heterocycles. The van der Waals surface area contributed by atoms with Crippen molar-refractivity contribution in [2.75, 3.05) is 32.8 Å². The first-order chi connectivity index (χ1) is 8.91. The molecule has 2 amide bonds. The number of hydrogen-bond acceptors (Lipinski definition) is 3. The molecule has 1 rings (SSSR count). The van der Waals surface area contributed by atoms with Gasteiger partial charge in [-0.15, -0.1) is 0 Å². The molecule has 0 spiro atoms. The van der Waals surface area contributed by atoms with E-state index in [1.165, 1.54) is 0 Å². The Morgan fingerprint density at radius 2 is 2.16 bits per heavy atom. The van der Waals surface area contributed by atoms with Crippen LogP contribution < -0.4 is 5.32 Å². The zero-order valence-corrected chi connectivity index (χ0v) is 11.5. The number of nitrogens with zero attached hydrogens (tertiary/aromatic N) is 1. The van der Waals surface area contributed by atoms with Gasteiger partial charge in [-0.1, -0.05) is 19.1 Å². The van der Waals surface area contributed by atoms with Gasteiger partial charge in [0, 0.05) is 25.6 Å². The van der Waals surface area contributed by atoms with Crippen LogP contribution in [0.2, 0.25) is 0 Å². The topological polar surface area (TPSA) is 78.9 Å². The van der Waals surface area contributed by atoms with Crippen LogP contribution in [0.15, 0.2) is 12.2 Å². The van der Waals surface area contributed by atoms with Crippen LogP contribution in [-0.2, 0) is 9.53 Å². The average Bonchev–Trinajstić information content (AvgIpc) is 2.25. The number of aliphatic carboxylic acids is 1. The molecule has 6 heteroatoms. The summed E-state index contributed by atoms with van der Waals surface area (Å²) in [5.74, 6) is -1.15. The van der Waals surface area contributed by atoms with E-state index >= 15 is 0 Å². The molecule has 19 heavy (non-hydrogen) atoms. The van der Waals surface area contributed by atoms with Gasteiger partial charge in [0.1, 0.15) is 0 Å². The standard InChI is InChI=1S/C13H22N2O4/c1-9(2)8-19-5-4-14-13(18)15-6-11(7-15)10(3)12(16)17/h10-11H,1,4-8H2,2-3H3,(H,14,18)(H,16,17). The molecule has 0 saturated carbocycles. The third kappa shape index (κ3) is 4.90. The lowest BCUT2D eigenvalue weighted by Gasteiger charge is -2.41. The Kier molecular flexibility index (Phi) is 5.82. The molecule has 1 heterocycles. The number of likely N-dealkylation sites (tertiary alicyclic amines) is 1. The zero-order chi connectivity index (χ0) is 14.4. The Bertz CT molecular complexity index is 351. The highest BCUT2D eigenvalue weighted by Gasteiger charge is 2.36. The van der Waals surface area contributed by atoms with E-state index in [-0.39, 0.29) is 11.9 Å². The fourth-order valence-electron chi connectivity index (χ4n) is 1.78. The van der Waals surface area contributed by atoms with E-state index in [4.69, 9.17) is 9.84 Å². The molecular formula is C13H22N2O4. The molecule has 108 valence electrons. The van der Waals surface area contributed by atoms with Gasteiger partial charge in [0.15, 0.2) is 0 Å². The molecule has 1 aliphatic heterocycles. The van der Waals surface area contributed by atoms with Gasteiger partial charge in [0.25, 0.3) is 0 Å². The van der Waals surface area contributed by atoms with E-state index in [0.29, 0.717) is 32.8 Å². The van der Waals surface area contributed by atoms with Crippen molar-refractivity contribution in [2.45, 2.75) is 13.8 Å². The zero-order valence-electron chi connectivity index (χ0n) is 11.5. The maximum absolute atomic E-state index is 11.7. The molecule has 0 aliphatic carbocycles. The third-order valence-corrected chi connectivity index (χ3v) is 3.16. The van der Waals surface area contributed by atoms with Gasteiger partial charge < -0.3 is 20.1 Å². The number of ether oxygens (including phenoxy) is 1. The van der Waals surface area contributed by atoms with Crippen molar-refractivity contribution in [3.05, 3.63) is 12.2 Å². The predicted octanol–water partition coefficient (Wildman–Crippen LogP) is 0.941. The van der Waals surface area contributed by atoms with Gasteiger partial charge in [-0.3, -0.25) is 4.79 Å². The largest absolute Gasteiger partial charge is 0.481 e. The van der Waals surface area contributed by atoms with Crippen LogP contribution in [-0.4, -0.2) is 54.9 Å². The SMILES string of the molecule is C=C(C)COCCNC(=O)N1CC(C(C)C(=O)O)C1. The number of carboxylic acid groups (broad SMARTS) is 1. The Morgan fingerprint density at radius 3 is 2.68 bits per heavy atom. The molecule has 0 aromatic heterocycles. The van der Waals surface area contributed by atoms with Gasteiger partial charge >= 0.3 is 12.0 Å². The molecule has 0 radical (unpaired) electrons.